The molecule has 4 nitrogen and oxygen atoms in total. The van der Waals surface area contributed by atoms with E-state index in [-0.39, 0.29) is 11.6 Å². The van der Waals surface area contributed by atoms with Crippen LogP contribution in [-0.2, 0) is 0 Å². The maximum atomic E-state index is 13.0. The van der Waals surface area contributed by atoms with Crippen molar-refractivity contribution in [2.75, 3.05) is 10.6 Å². The van der Waals surface area contributed by atoms with Crippen LogP contribution < -0.4 is 10.6 Å². The number of carbonyl (C=O) groups is 1. The van der Waals surface area contributed by atoms with Gasteiger partial charge in [0.2, 0.25) is 0 Å². The fraction of sp³-hybridized carbons (Fsp3) is 0.0833. The van der Waals surface area contributed by atoms with Crippen molar-refractivity contribution in [2.45, 2.75) is 13.1 Å². The van der Waals surface area contributed by atoms with Gasteiger partial charge in [0, 0.05) is 22.0 Å². The molecule has 0 fully saturated rings. The van der Waals surface area contributed by atoms with Crippen molar-refractivity contribution in [3.8, 4) is 0 Å². The molecular formula is C24H18Cl2F3N3O. The lowest BCUT2D eigenvalue weighted by Crippen LogP contribution is -2.20. The number of benzene rings is 3. The molecule has 0 saturated heterocycles. The lowest BCUT2D eigenvalue weighted by Gasteiger charge is -2.15. The average molecular weight is 492 g/mol. The van der Waals surface area contributed by atoms with Gasteiger partial charge in [-0.25, -0.2) is 0 Å². The Bertz CT molecular complexity index is 1220. The van der Waals surface area contributed by atoms with Gasteiger partial charge in [-0.3, -0.25) is 10.2 Å². The Kier molecular flexibility index (Phi) is 7.46. The highest BCUT2D eigenvalue weighted by atomic mass is 35.5. The highest BCUT2D eigenvalue weighted by molar-refractivity contribution is 6.33. The third-order valence-corrected chi connectivity index (χ3v) is 5.20. The van der Waals surface area contributed by atoms with Crippen LogP contribution in [-0.4, -0.2) is 17.8 Å². The molecule has 3 aromatic carbocycles. The number of para-hydroxylation sites is 1. The Morgan fingerprint density at radius 3 is 2.15 bits per heavy atom. The number of nitrogens with one attached hydrogen (secondary N) is 3. The molecule has 0 aromatic heterocycles. The minimum Gasteiger partial charge on any atom is -0.354 e. The molecule has 0 unspecified atom stereocenters. The molecule has 0 atom stereocenters. The predicted octanol–water partition coefficient (Wildman–Crippen LogP) is 7.59. The van der Waals surface area contributed by atoms with Gasteiger partial charge in [0.05, 0.1) is 10.7 Å². The molecule has 0 aliphatic carbocycles. The third kappa shape index (κ3) is 6.37. The number of anilines is 2. The highest BCUT2D eigenvalue weighted by Gasteiger charge is 2.33. The number of halogens is 5. The highest BCUT2D eigenvalue weighted by Crippen LogP contribution is 2.28. The quantitative estimate of drug-likeness (QED) is 0.311. The zero-order valence-corrected chi connectivity index (χ0v) is 18.7. The maximum Gasteiger partial charge on any atom is 0.432 e. The molecule has 3 N–H and O–H groups in total. The molecule has 0 aliphatic heterocycles. The van der Waals surface area contributed by atoms with Gasteiger partial charge in [-0.1, -0.05) is 47.5 Å². The Hall–Kier alpha value is -3.29. The Labute approximate surface area is 198 Å². The molecule has 0 radical (unpaired) electrons. The van der Waals surface area contributed by atoms with Crippen LogP contribution in [0.1, 0.15) is 21.5 Å². The summed E-state index contributed by atoms with van der Waals surface area (Å²) in [7, 11) is 0. The maximum absolute atomic E-state index is 13.0. The van der Waals surface area contributed by atoms with Gasteiger partial charge in [-0.05, 0) is 66.6 Å². The number of carbonyl (C=O) groups excluding carboxylic acids is 1. The molecule has 9 heteroatoms. The van der Waals surface area contributed by atoms with Crippen molar-refractivity contribution >= 4 is 51.9 Å². The molecule has 170 valence electrons. The minimum atomic E-state index is -4.82. The van der Waals surface area contributed by atoms with E-state index >= 15 is 0 Å². The first-order chi connectivity index (χ1) is 15.5. The molecule has 33 heavy (non-hydrogen) atoms. The van der Waals surface area contributed by atoms with Crippen molar-refractivity contribution < 1.29 is 18.0 Å². The van der Waals surface area contributed by atoms with Crippen LogP contribution in [0.25, 0.3) is 5.70 Å². The third-order valence-electron chi connectivity index (χ3n) is 4.63. The molecule has 0 heterocycles. The Morgan fingerprint density at radius 2 is 1.55 bits per heavy atom. The fourth-order valence-electron chi connectivity index (χ4n) is 2.89. The number of allylic oxidation sites excluding steroid dienone is 1. The molecule has 0 bridgehead atoms. The second-order valence-electron chi connectivity index (χ2n) is 7.07. The van der Waals surface area contributed by atoms with Crippen LogP contribution in [0.3, 0.4) is 0 Å². The standard InChI is InChI=1S/C24H18Cl2F3N3O/c1-14-12-17(25)10-11-19(14)32-23(33)16-8-6-15(7-9-16)21(13-22(30)24(27,28)29)31-20-5-3-2-4-18(20)26/h2-13,30-31H,1H3,(H,32,33)/b21-13-,30-22?. The van der Waals surface area contributed by atoms with Crippen LogP contribution in [0.5, 0.6) is 0 Å². The summed E-state index contributed by atoms with van der Waals surface area (Å²) in [6.07, 6.45) is -4.14. The van der Waals surface area contributed by atoms with Gasteiger partial charge in [0.25, 0.3) is 5.91 Å². The number of amides is 1. The van der Waals surface area contributed by atoms with Gasteiger partial charge < -0.3 is 10.6 Å². The lowest BCUT2D eigenvalue weighted by atomic mass is 10.1. The van der Waals surface area contributed by atoms with E-state index in [1.165, 1.54) is 24.3 Å². The van der Waals surface area contributed by atoms with Crippen molar-refractivity contribution in [1.29, 1.82) is 5.41 Å². The van der Waals surface area contributed by atoms with Gasteiger partial charge >= 0.3 is 6.18 Å². The molecule has 0 saturated carbocycles. The van der Waals surface area contributed by atoms with E-state index in [1.807, 2.05) is 0 Å². The van der Waals surface area contributed by atoms with E-state index < -0.39 is 11.9 Å². The monoisotopic (exact) mass is 491 g/mol. The average Bonchev–Trinajstić information content (AvgIpc) is 2.76. The molecule has 3 aromatic rings. The van der Waals surface area contributed by atoms with Crippen LogP contribution >= 0.6 is 23.2 Å². The van der Waals surface area contributed by atoms with Gasteiger partial charge in [-0.15, -0.1) is 0 Å². The summed E-state index contributed by atoms with van der Waals surface area (Å²) in [6.45, 7) is 1.80. The number of aryl methyl sites for hydroxylation is 1. The van der Waals surface area contributed by atoms with Crippen LogP contribution in [0.2, 0.25) is 10.0 Å². The second kappa shape index (κ2) is 10.1. The topological polar surface area (TPSA) is 65.0 Å². The second-order valence-corrected chi connectivity index (χ2v) is 7.91. The van der Waals surface area contributed by atoms with E-state index in [2.05, 4.69) is 10.6 Å². The zero-order chi connectivity index (χ0) is 24.2. The summed E-state index contributed by atoms with van der Waals surface area (Å²) in [6, 6.07) is 17.5. The normalized spacial score (nSPS) is 11.8. The van der Waals surface area contributed by atoms with Crippen molar-refractivity contribution in [3.63, 3.8) is 0 Å². The largest absolute Gasteiger partial charge is 0.432 e. The number of hydrogen-bond acceptors (Lipinski definition) is 3. The molecule has 0 spiro atoms. The number of rotatable bonds is 6. The summed E-state index contributed by atoms with van der Waals surface area (Å²) in [5, 5.41) is 13.8. The predicted molar refractivity (Wildman–Crippen MR) is 127 cm³/mol. The van der Waals surface area contributed by atoms with Gasteiger partial charge in [0.15, 0.2) is 0 Å². The van der Waals surface area contributed by atoms with Crippen molar-refractivity contribution in [3.05, 3.63) is 99.5 Å². The summed E-state index contributed by atoms with van der Waals surface area (Å²) < 4.78 is 39.0. The summed E-state index contributed by atoms with van der Waals surface area (Å²) in [5.74, 6) is -0.389. The van der Waals surface area contributed by atoms with Gasteiger partial charge in [0.1, 0.15) is 5.71 Å². The molecule has 3 rings (SSSR count). The Balaban J connectivity index is 1.88. The summed E-state index contributed by atoms with van der Waals surface area (Å²) in [5.41, 5.74) is 0.864. The van der Waals surface area contributed by atoms with E-state index in [0.717, 1.165) is 5.56 Å². The molecular weight excluding hydrogens is 474 g/mol. The first-order valence-corrected chi connectivity index (χ1v) is 10.4. The lowest BCUT2D eigenvalue weighted by molar-refractivity contribution is -0.0583. The summed E-state index contributed by atoms with van der Waals surface area (Å²) in [4.78, 5) is 12.6. The number of alkyl halides is 3. The van der Waals surface area contributed by atoms with Crippen LogP contribution in [0.15, 0.2) is 72.8 Å². The Morgan fingerprint density at radius 1 is 0.909 bits per heavy atom. The zero-order valence-electron chi connectivity index (χ0n) is 17.2. The minimum absolute atomic E-state index is 0.00549. The van der Waals surface area contributed by atoms with E-state index in [0.29, 0.717) is 38.6 Å². The first-order valence-electron chi connectivity index (χ1n) is 9.61. The van der Waals surface area contributed by atoms with E-state index in [1.54, 1.807) is 49.4 Å². The van der Waals surface area contributed by atoms with Crippen molar-refractivity contribution in [2.24, 2.45) is 0 Å². The molecule has 1 amide bonds. The van der Waals surface area contributed by atoms with E-state index in [4.69, 9.17) is 28.6 Å². The van der Waals surface area contributed by atoms with Crippen LogP contribution in [0.4, 0.5) is 24.5 Å². The van der Waals surface area contributed by atoms with Crippen LogP contribution in [0, 0.1) is 12.3 Å². The van der Waals surface area contributed by atoms with Crippen molar-refractivity contribution in [1.82, 2.24) is 0 Å². The van der Waals surface area contributed by atoms with E-state index in [9.17, 15) is 18.0 Å². The number of hydrogen-bond donors (Lipinski definition) is 3. The SMILES string of the molecule is Cc1cc(Cl)ccc1NC(=O)c1ccc(/C(=C/C(=N)C(F)(F)F)Nc2ccccc2Cl)cc1. The first kappa shape index (κ1) is 24.4. The fourth-order valence-corrected chi connectivity index (χ4v) is 3.30. The molecule has 0 aliphatic rings. The smallest absolute Gasteiger partial charge is 0.354 e. The summed E-state index contributed by atoms with van der Waals surface area (Å²) >= 11 is 12.1. The van der Waals surface area contributed by atoms with Gasteiger partial charge in [-0.2, -0.15) is 13.2 Å².